The molecule has 0 saturated carbocycles. The molecule has 11 heteroatoms. The van der Waals surface area contributed by atoms with Crippen molar-refractivity contribution in [1.29, 1.82) is 0 Å². The lowest BCUT2D eigenvalue weighted by Gasteiger charge is -2.37. The van der Waals surface area contributed by atoms with Crippen LogP contribution in [0.2, 0.25) is 0 Å². The van der Waals surface area contributed by atoms with E-state index >= 15 is 0 Å². The first-order valence-electron chi connectivity index (χ1n) is 12.5. The van der Waals surface area contributed by atoms with E-state index in [1.807, 2.05) is 24.3 Å². The smallest absolute Gasteiger partial charge is 0.261 e. The fourth-order valence-electron chi connectivity index (χ4n) is 5.00. The number of methoxy groups -OCH3 is 1. The maximum Gasteiger partial charge on any atom is 0.261 e. The van der Waals surface area contributed by atoms with E-state index in [0.717, 1.165) is 29.0 Å². The van der Waals surface area contributed by atoms with Gasteiger partial charge in [-0.15, -0.1) is 0 Å². The van der Waals surface area contributed by atoms with Gasteiger partial charge in [-0.05, 0) is 66.6 Å². The Kier molecular flexibility index (Phi) is 7.74. The van der Waals surface area contributed by atoms with Gasteiger partial charge in [0.25, 0.3) is 10.0 Å². The number of carbonyl (C=O) groups is 1. The Bertz CT molecular complexity index is 1430. The fraction of sp³-hybridized carbons (Fsp3) is 0.321. The molecule has 0 bridgehead atoms. The van der Waals surface area contributed by atoms with Gasteiger partial charge in [0, 0.05) is 23.7 Å². The number of halogens is 1. The summed E-state index contributed by atoms with van der Waals surface area (Å²) in [6.07, 6.45) is -1.02. The standard InChI is InChI=1S/C28H29FN2O7S/c1-36-20-7-2-17(3-8-20)15-30-27(33)14-21-13-24-23-12-19(6-11-25(23)38-28(24)26(16-32)37-21)31-39(34,35)22-9-4-18(29)5-10-22/h2-12,21,24,26,28,31-32H,13-16H2,1H3,(H,30,33)/t21-,24+,26+,28-/m0/s1. The van der Waals surface area contributed by atoms with Crippen LogP contribution in [0.15, 0.2) is 71.6 Å². The molecule has 0 unspecified atom stereocenters. The number of fused-ring (bicyclic) bond motifs is 3. The maximum absolute atomic E-state index is 13.2. The summed E-state index contributed by atoms with van der Waals surface area (Å²) in [5, 5.41) is 12.9. The third-order valence-corrected chi connectivity index (χ3v) is 8.33. The molecule has 2 aliphatic rings. The number of aliphatic hydroxyl groups is 1. The van der Waals surface area contributed by atoms with Crippen molar-refractivity contribution in [1.82, 2.24) is 5.32 Å². The van der Waals surface area contributed by atoms with Crippen LogP contribution in [0.3, 0.4) is 0 Å². The third-order valence-electron chi connectivity index (χ3n) is 6.94. The number of hydrogen-bond acceptors (Lipinski definition) is 7. The summed E-state index contributed by atoms with van der Waals surface area (Å²) in [6.45, 7) is 0.0672. The number of benzene rings is 3. The minimum atomic E-state index is -3.93. The van der Waals surface area contributed by atoms with Crippen molar-refractivity contribution in [3.63, 3.8) is 0 Å². The highest BCUT2D eigenvalue weighted by Gasteiger charge is 2.46. The molecular weight excluding hydrogens is 527 g/mol. The highest BCUT2D eigenvalue weighted by atomic mass is 32.2. The number of sulfonamides is 1. The molecule has 9 nitrogen and oxygen atoms in total. The molecule has 5 rings (SSSR count). The molecular formula is C28H29FN2O7S. The molecule has 4 atom stereocenters. The minimum Gasteiger partial charge on any atom is -0.497 e. The van der Waals surface area contributed by atoms with Crippen LogP contribution in [0.5, 0.6) is 11.5 Å². The number of aliphatic hydroxyl groups excluding tert-OH is 1. The van der Waals surface area contributed by atoms with Gasteiger partial charge in [-0.2, -0.15) is 0 Å². The van der Waals surface area contributed by atoms with E-state index in [2.05, 4.69) is 10.0 Å². The van der Waals surface area contributed by atoms with Gasteiger partial charge in [0.1, 0.15) is 29.5 Å². The molecule has 3 aromatic carbocycles. The molecule has 2 aliphatic heterocycles. The predicted octanol–water partition coefficient (Wildman–Crippen LogP) is 3.34. The first-order chi connectivity index (χ1) is 18.8. The van der Waals surface area contributed by atoms with Gasteiger partial charge < -0.3 is 24.6 Å². The lowest BCUT2D eigenvalue weighted by molar-refractivity contribution is -0.142. The van der Waals surface area contributed by atoms with Crippen molar-refractivity contribution in [3.05, 3.63) is 83.7 Å². The lowest BCUT2D eigenvalue weighted by atomic mass is 9.84. The van der Waals surface area contributed by atoms with Crippen LogP contribution >= 0.6 is 0 Å². The minimum absolute atomic E-state index is 0.0642. The molecule has 1 fully saturated rings. The van der Waals surface area contributed by atoms with E-state index in [1.165, 1.54) is 12.1 Å². The van der Waals surface area contributed by atoms with E-state index in [-0.39, 0.29) is 29.7 Å². The van der Waals surface area contributed by atoms with Gasteiger partial charge in [0.15, 0.2) is 0 Å². The Morgan fingerprint density at radius 2 is 1.85 bits per heavy atom. The normalized spacial score (nSPS) is 21.8. The third kappa shape index (κ3) is 6.00. The summed E-state index contributed by atoms with van der Waals surface area (Å²) in [5.41, 5.74) is 2.02. The first kappa shape index (κ1) is 26.9. The van der Waals surface area contributed by atoms with Crippen LogP contribution in [0.4, 0.5) is 10.1 Å². The molecule has 39 heavy (non-hydrogen) atoms. The number of anilines is 1. The van der Waals surface area contributed by atoms with Gasteiger partial charge in [-0.25, -0.2) is 12.8 Å². The van der Waals surface area contributed by atoms with Crippen molar-refractivity contribution in [2.45, 2.75) is 48.5 Å². The van der Waals surface area contributed by atoms with Gasteiger partial charge >= 0.3 is 0 Å². The second-order valence-electron chi connectivity index (χ2n) is 9.54. The maximum atomic E-state index is 13.2. The van der Waals surface area contributed by atoms with Crippen molar-refractivity contribution in [2.24, 2.45) is 0 Å². The van der Waals surface area contributed by atoms with E-state index in [9.17, 15) is 22.7 Å². The van der Waals surface area contributed by atoms with Crippen molar-refractivity contribution < 1.29 is 36.9 Å². The number of hydrogen-bond donors (Lipinski definition) is 3. The lowest BCUT2D eigenvalue weighted by Crippen LogP contribution is -2.47. The molecule has 0 aliphatic carbocycles. The van der Waals surface area contributed by atoms with E-state index in [1.54, 1.807) is 25.3 Å². The molecule has 0 spiro atoms. The summed E-state index contributed by atoms with van der Waals surface area (Å²) >= 11 is 0. The Labute approximate surface area is 226 Å². The summed E-state index contributed by atoms with van der Waals surface area (Å²) in [5.74, 6) is 0.375. The molecule has 0 aromatic heterocycles. The van der Waals surface area contributed by atoms with Crippen LogP contribution < -0.4 is 19.5 Å². The molecule has 1 amide bonds. The Hall–Kier alpha value is -3.67. The Morgan fingerprint density at radius 1 is 1.10 bits per heavy atom. The molecule has 2 heterocycles. The number of ether oxygens (including phenoxy) is 3. The van der Waals surface area contributed by atoms with Gasteiger partial charge in [-0.1, -0.05) is 12.1 Å². The van der Waals surface area contributed by atoms with Gasteiger partial charge in [0.05, 0.1) is 31.1 Å². The molecule has 1 saturated heterocycles. The number of carbonyl (C=O) groups excluding carboxylic acids is 1. The van der Waals surface area contributed by atoms with Crippen LogP contribution in [0.1, 0.15) is 29.9 Å². The molecule has 206 valence electrons. The molecule has 3 aromatic rings. The zero-order chi connectivity index (χ0) is 27.6. The van der Waals surface area contributed by atoms with Crippen LogP contribution in [0.25, 0.3) is 0 Å². The number of nitrogens with one attached hydrogen (secondary N) is 2. The van der Waals surface area contributed by atoms with Gasteiger partial charge in [0.2, 0.25) is 5.91 Å². The predicted molar refractivity (Wildman–Crippen MR) is 141 cm³/mol. The van der Waals surface area contributed by atoms with Crippen LogP contribution in [0, 0.1) is 5.82 Å². The van der Waals surface area contributed by atoms with Gasteiger partial charge in [-0.3, -0.25) is 9.52 Å². The second kappa shape index (κ2) is 11.2. The van der Waals surface area contributed by atoms with Crippen LogP contribution in [-0.2, 0) is 26.1 Å². The van der Waals surface area contributed by atoms with Crippen molar-refractivity contribution in [2.75, 3.05) is 18.4 Å². The zero-order valence-electron chi connectivity index (χ0n) is 21.2. The van der Waals surface area contributed by atoms with E-state index in [0.29, 0.717) is 24.4 Å². The molecule has 0 radical (unpaired) electrons. The SMILES string of the molecule is COc1ccc(CNC(=O)C[C@@H]2C[C@@H]3c4cc(NS(=O)(=O)c5ccc(F)cc5)ccc4O[C@@H]3[C@@H](CO)O2)cc1. The quantitative estimate of drug-likeness (QED) is 0.370. The number of amides is 1. The second-order valence-corrected chi connectivity index (χ2v) is 11.2. The summed E-state index contributed by atoms with van der Waals surface area (Å²) in [7, 11) is -2.34. The average molecular weight is 557 g/mol. The Morgan fingerprint density at radius 3 is 2.54 bits per heavy atom. The summed E-state index contributed by atoms with van der Waals surface area (Å²) in [6, 6.07) is 16.9. The Balaban J connectivity index is 1.26. The highest BCUT2D eigenvalue weighted by Crippen LogP contribution is 2.47. The summed E-state index contributed by atoms with van der Waals surface area (Å²) < 4.78 is 58.6. The van der Waals surface area contributed by atoms with Crippen molar-refractivity contribution in [3.8, 4) is 11.5 Å². The monoisotopic (exact) mass is 556 g/mol. The summed E-state index contributed by atoms with van der Waals surface area (Å²) in [4.78, 5) is 12.6. The number of rotatable bonds is 9. The zero-order valence-corrected chi connectivity index (χ0v) is 22.0. The first-order valence-corrected chi connectivity index (χ1v) is 14.0. The highest BCUT2D eigenvalue weighted by molar-refractivity contribution is 7.92. The van der Waals surface area contributed by atoms with E-state index < -0.39 is 34.2 Å². The fourth-order valence-corrected chi connectivity index (χ4v) is 6.05. The van der Waals surface area contributed by atoms with E-state index in [4.69, 9.17) is 14.2 Å². The largest absolute Gasteiger partial charge is 0.497 e. The van der Waals surface area contributed by atoms with Crippen LogP contribution in [-0.4, -0.2) is 51.5 Å². The van der Waals surface area contributed by atoms with Crippen molar-refractivity contribution >= 4 is 21.6 Å². The average Bonchev–Trinajstić information content (AvgIpc) is 3.29. The topological polar surface area (TPSA) is 123 Å². The molecule has 3 N–H and O–H groups in total.